The number of ether oxygens (including phenoxy) is 1. The Morgan fingerprint density at radius 2 is 1.90 bits per heavy atom. The van der Waals surface area contributed by atoms with E-state index in [4.69, 9.17) is 9.15 Å². The van der Waals surface area contributed by atoms with Crippen LogP contribution in [0.5, 0.6) is 5.75 Å². The fourth-order valence-corrected chi connectivity index (χ4v) is 3.60. The maximum atomic E-state index is 12.3. The highest BCUT2D eigenvalue weighted by Crippen LogP contribution is 2.28. The van der Waals surface area contributed by atoms with Gasteiger partial charge in [0, 0.05) is 11.4 Å². The van der Waals surface area contributed by atoms with Crippen molar-refractivity contribution in [3.8, 4) is 5.75 Å². The van der Waals surface area contributed by atoms with E-state index in [9.17, 15) is 9.59 Å². The number of nitrogens with one attached hydrogen (secondary N) is 2. The molecule has 2 amide bonds. The van der Waals surface area contributed by atoms with E-state index in [2.05, 4.69) is 29.7 Å². The Morgan fingerprint density at radius 3 is 2.62 bits per heavy atom. The molecule has 7 heteroatoms. The van der Waals surface area contributed by atoms with E-state index in [0.717, 1.165) is 5.75 Å². The molecule has 2 N–H and O–H groups in total. The fourth-order valence-electron chi connectivity index (χ4n) is 2.70. The first-order valence-corrected chi connectivity index (χ1v) is 10.2. The summed E-state index contributed by atoms with van der Waals surface area (Å²) in [4.78, 5) is 24.5. The van der Waals surface area contributed by atoms with E-state index in [1.165, 1.54) is 24.5 Å². The van der Waals surface area contributed by atoms with Crippen LogP contribution in [0.2, 0.25) is 0 Å². The summed E-state index contributed by atoms with van der Waals surface area (Å²) in [7, 11) is 1.51. The van der Waals surface area contributed by atoms with Gasteiger partial charge in [-0.25, -0.2) is 0 Å². The van der Waals surface area contributed by atoms with Crippen LogP contribution in [0, 0.1) is 6.92 Å². The topological polar surface area (TPSA) is 80.6 Å². The summed E-state index contributed by atoms with van der Waals surface area (Å²) in [6, 6.07) is 16.4. The normalized spacial score (nSPS) is 10.4. The number of amides is 2. The van der Waals surface area contributed by atoms with Crippen molar-refractivity contribution in [3.63, 3.8) is 0 Å². The molecule has 6 nitrogen and oxygen atoms in total. The number of carbonyl (C=O) groups is 2. The van der Waals surface area contributed by atoms with Crippen molar-refractivity contribution in [2.75, 3.05) is 23.5 Å². The van der Waals surface area contributed by atoms with E-state index in [1.807, 2.05) is 12.1 Å². The van der Waals surface area contributed by atoms with Crippen LogP contribution in [0.1, 0.15) is 21.7 Å². The van der Waals surface area contributed by atoms with Crippen LogP contribution in [0.3, 0.4) is 0 Å². The highest BCUT2D eigenvalue weighted by atomic mass is 32.2. The first kappa shape index (κ1) is 20.5. The Balaban J connectivity index is 1.59. The quantitative estimate of drug-likeness (QED) is 0.562. The molecule has 0 aliphatic heterocycles. The average molecular weight is 410 g/mol. The molecule has 0 unspecified atom stereocenters. The molecule has 0 aliphatic carbocycles. The van der Waals surface area contributed by atoms with Crippen LogP contribution in [0.15, 0.2) is 65.3 Å². The molecule has 1 aromatic heterocycles. The fraction of sp³-hybridized carbons (Fsp3) is 0.182. The van der Waals surface area contributed by atoms with E-state index in [0.29, 0.717) is 22.9 Å². The number of aryl methyl sites for hydroxylation is 1. The Kier molecular flexibility index (Phi) is 6.97. The van der Waals surface area contributed by atoms with Crippen molar-refractivity contribution in [2.45, 2.75) is 12.7 Å². The maximum absolute atomic E-state index is 12.3. The molecule has 0 saturated heterocycles. The van der Waals surface area contributed by atoms with Crippen molar-refractivity contribution < 1.29 is 18.7 Å². The number of methoxy groups -OCH3 is 1. The highest BCUT2D eigenvalue weighted by molar-refractivity contribution is 7.99. The summed E-state index contributed by atoms with van der Waals surface area (Å²) < 4.78 is 10.4. The second-order valence-corrected chi connectivity index (χ2v) is 7.30. The SMILES string of the molecule is COc1ccc(NC(=O)CSCc2ccccc2C)cc1NC(=O)c1ccco1. The molecule has 0 atom stereocenters. The van der Waals surface area contributed by atoms with Gasteiger partial charge in [-0.1, -0.05) is 24.3 Å². The molecule has 0 fully saturated rings. The number of hydrogen-bond donors (Lipinski definition) is 2. The van der Waals surface area contributed by atoms with Gasteiger partial charge < -0.3 is 19.8 Å². The molecule has 2 aromatic carbocycles. The average Bonchev–Trinajstić information content (AvgIpc) is 3.25. The number of benzene rings is 2. The third-order valence-corrected chi connectivity index (χ3v) is 5.21. The largest absolute Gasteiger partial charge is 0.495 e. The molecule has 0 saturated carbocycles. The number of hydrogen-bond acceptors (Lipinski definition) is 5. The van der Waals surface area contributed by atoms with Crippen LogP contribution in [0.4, 0.5) is 11.4 Å². The molecule has 29 heavy (non-hydrogen) atoms. The minimum absolute atomic E-state index is 0.114. The lowest BCUT2D eigenvalue weighted by Gasteiger charge is -2.12. The predicted molar refractivity (Wildman–Crippen MR) is 116 cm³/mol. The number of carbonyl (C=O) groups excluding carboxylic acids is 2. The summed E-state index contributed by atoms with van der Waals surface area (Å²) in [6.45, 7) is 2.06. The monoisotopic (exact) mass is 410 g/mol. The summed E-state index contributed by atoms with van der Waals surface area (Å²) in [5.74, 6) is 1.26. The lowest BCUT2D eigenvalue weighted by molar-refractivity contribution is -0.113. The molecule has 0 aliphatic rings. The first-order chi connectivity index (χ1) is 14.1. The number of anilines is 2. The zero-order chi connectivity index (χ0) is 20.6. The minimum Gasteiger partial charge on any atom is -0.495 e. The highest BCUT2D eigenvalue weighted by Gasteiger charge is 2.13. The zero-order valence-electron chi connectivity index (χ0n) is 16.2. The van der Waals surface area contributed by atoms with Crippen molar-refractivity contribution in [1.82, 2.24) is 0 Å². The van der Waals surface area contributed by atoms with Gasteiger partial charge in [0.25, 0.3) is 5.91 Å². The van der Waals surface area contributed by atoms with Crippen molar-refractivity contribution >= 4 is 35.0 Å². The Morgan fingerprint density at radius 1 is 1.07 bits per heavy atom. The van der Waals surface area contributed by atoms with Gasteiger partial charge in [-0.3, -0.25) is 9.59 Å². The zero-order valence-corrected chi connectivity index (χ0v) is 17.0. The molecule has 1 heterocycles. The summed E-state index contributed by atoms with van der Waals surface area (Å²) in [6.07, 6.45) is 1.43. The van der Waals surface area contributed by atoms with Gasteiger partial charge in [-0.05, 0) is 48.4 Å². The Labute approximate surface area is 173 Å². The molecule has 0 radical (unpaired) electrons. The molecule has 0 spiro atoms. The lowest BCUT2D eigenvalue weighted by Crippen LogP contribution is -2.15. The van der Waals surface area contributed by atoms with Gasteiger partial charge in [-0.15, -0.1) is 11.8 Å². The van der Waals surface area contributed by atoms with E-state index in [-0.39, 0.29) is 11.7 Å². The van der Waals surface area contributed by atoms with Crippen molar-refractivity contribution in [3.05, 3.63) is 77.7 Å². The van der Waals surface area contributed by atoms with E-state index >= 15 is 0 Å². The van der Waals surface area contributed by atoms with Gasteiger partial charge in [-0.2, -0.15) is 0 Å². The third kappa shape index (κ3) is 5.65. The van der Waals surface area contributed by atoms with Gasteiger partial charge in [0.05, 0.1) is 24.8 Å². The lowest BCUT2D eigenvalue weighted by atomic mass is 10.1. The molecule has 3 rings (SSSR count). The Bertz CT molecular complexity index is 986. The predicted octanol–water partition coefficient (Wildman–Crippen LogP) is 4.72. The number of thioether (sulfide) groups is 1. The third-order valence-electron chi connectivity index (χ3n) is 4.23. The maximum Gasteiger partial charge on any atom is 0.291 e. The molecule has 0 bridgehead atoms. The minimum atomic E-state index is -0.398. The van der Waals surface area contributed by atoms with Gasteiger partial charge in [0.1, 0.15) is 5.75 Å². The molecule has 150 valence electrons. The number of furan rings is 1. The molecular weight excluding hydrogens is 388 g/mol. The molecular formula is C22H22N2O4S. The van der Waals surface area contributed by atoms with Crippen molar-refractivity contribution in [2.24, 2.45) is 0 Å². The van der Waals surface area contributed by atoms with Gasteiger partial charge in [0.15, 0.2) is 5.76 Å². The van der Waals surface area contributed by atoms with E-state index < -0.39 is 5.91 Å². The summed E-state index contributed by atoms with van der Waals surface area (Å²) in [5.41, 5.74) is 3.45. The summed E-state index contributed by atoms with van der Waals surface area (Å²) in [5, 5.41) is 5.59. The van der Waals surface area contributed by atoms with Crippen LogP contribution in [0.25, 0.3) is 0 Å². The van der Waals surface area contributed by atoms with E-state index in [1.54, 1.807) is 42.1 Å². The number of rotatable bonds is 8. The summed E-state index contributed by atoms with van der Waals surface area (Å²) >= 11 is 1.55. The smallest absolute Gasteiger partial charge is 0.291 e. The van der Waals surface area contributed by atoms with Crippen LogP contribution in [-0.2, 0) is 10.5 Å². The Hall–Kier alpha value is -3.19. The standard InChI is InChI=1S/C22H22N2O4S/c1-15-6-3-4-7-16(15)13-29-14-21(25)23-17-9-10-19(27-2)18(12-17)24-22(26)20-8-5-11-28-20/h3-12H,13-14H2,1-2H3,(H,23,25)(H,24,26). The molecule has 3 aromatic rings. The van der Waals surface area contributed by atoms with Gasteiger partial charge >= 0.3 is 0 Å². The van der Waals surface area contributed by atoms with Gasteiger partial charge in [0.2, 0.25) is 5.91 Å². The van der Waals surface area contributed by atoms with Crippen LogP contribution in [-0.4, -0.2) is 24.7 Å². The van der Waals surface area contributed by atoms with Crippen LogP contribution >= 0.6 is 11.8 Å². The van der Waals surface area contributed by atoms with Crippen LogP contribution < -0.4 is 15.4 Å². The van der Waals surface area contributed by atoms with Crippen molar-refractivity contribution in [1.29, 1.82) is 0 Å². The first-order valence-electron chi connectivity index (χ1n) is 9.02. The second kappa shape index (κ2) is 9.84. The second-order valence-electron chi connectivity index (χ2n) is 6.31.